The van der Waals surface area contributed by atoms with Gasteiger partial charge in [0.1, 0.15) is 11.4 Å². The second kappa shape index (κ2) is 9.13. The van der Waals surface area contributed by atoms with E-state index in [1.165, 1.54) is 12.1 Å². The molecule has 2 rings (SSSR count). The molecule has 0 fully saturated rings. The SMILES string of the molecule is C=CC(c1ccc(-c2ccccc2F)cc1Cl)C(N)(CO)C(=O)OCCC. The molecule has 2 aromatic carbocycles. The molecule has 144 valence electrons. The van der Waals surface area contributed by atoms with Gasteiger partial charge in [-0.1, -0.05) is 54.9 Å². The Morgan fingerprint density at radius 2 is 2.11 bits per heavy atom. The minimum Gasteiger partial charge on any atom is -0.464 e. The van der Waals surface area contributed by atoms with Crippen molar-refractivity contribution in [3.63, 3.8) is 0 Å². The molecule has 0 radical (unpaired) electrons. The molecule has 0 aromatic heterocycles. The Balaban J connectivity index is 2.43. The third-order valence-corrected chi connectivity index (χ3v) is 4.72. The largest absolute Gasteiger partial charge is 0.464 e. The first-order valence-corrected chi connectivity index (χ1v) is 9.00. The van der Waals surface area contributed by atoms with Crippen LogP contribution in [0.3, 0.4) is 0 Å². The van der Waals surface area contributed by atoms with E-state index in [1.807, 2.05) is 6.92 Å². The Kier molecular flexibility index (Phi) is 7.13. The molecule has 2 atom stereocenters. The number of hydrogen-bond acceptors (Lipinski definition) is 4. The Hall–Kier alpha value is -2.21. The molecule has 2 unspecified atom stereocenters. The summed E-state index contributed by atoms with van der Waals surface area (Å²) < 4.78 is 19.2. The zero-order chi connectivity index (χ0) is 20.0. The first-order chi connectivity index (χ1) is 12.9. The van der Waals surface area contributed by atoms with E-state index in [-0.39, 0.29) is 17.4 Å². The van der Waals surface area contributed by atoms with Gasteiger partial charge < -0.3 is 15.6 Å². The average molecular weight is 392 g/mol. The van der Waals surface area contributed by atoms with Crippen molar-refractivity contribution in [2.45, 2.75) is 24.8 Å². The van der Waals surface area contributed by atoms with Gasteiger partial charge in [0.2, 0.25) is 0 Å². The molecule has 0 bridgehead atoms. The van der Waals surface area contributed by atoms with Crippen LogP contribution in [0.15, 0.2) is 55.1 Å². The summed E-state index contributed by atoms with van der Waals surface area (Å²) in [5, 5.41) is 10.1. The number of carbonyl (C=O) groups is 1. The molecule has 0 spiro atoms. The van der Waals surface area contributed by atoms with Crippen molar-refractivity contribution in [3.05, 3.63) is 71.5 Å². The van der Waals surface area contributed by atoms with E-state index < -0.39 is 24.0 Å². The Morgan fingerprint density at radius 3 is 2.67 bits per heavy atom. The van der Waals surface area contributed by atoms with Gasteiger partial charge in [-0.3, -0.25) is 0 Å². The minimum absolute atomic E-state index is 0.196. The van der Waals surface area contributed by atoms with Crippen molar-refractivity contribution in [1.82, 2.24) is 0 Å². The molecule has 6 heteroatoms. The van der Waals surface area contributed by atoms with Crippen LogP contribution in [0, 0.1) is 5.82 Å². The number of hydrogen-bond donors (Lipinski definition) is 2. The maximum Gasteiger partial charge on any atom is 0.329 e. The number of rotatable bonds is 8. The van der Waals surface area contributed by atoms with Crippen molar-refractivity contribution in [3.8, 4) is 11.1 Å². The third-order valence-electron chi connectivity index (χ3n) is 4.39. The standard InChI is InChI=1S/C21H23ClFNO3/c1-3-11-27-20(26)21(24,13-25)17(4-2)16-10-9-14(12-18(16)22)15-7-5-6-8-19(15)23/h4-10,12,17,25H,2-3,11,13,24H2,1H3. The molecule has 3 N–H and O–H groups in total. The number of aliphatic hydroxyl groups excluding tert-OH is 1. The third kappa shape index (κ3) is 4.38. The van der Waals surface area contributed by atoms with Gasteiger partial charge in [-0.25, -0.2) is 9.18 Å². The fourth-order valence-corrected chi connectivity index (χ4v) is 3.17. The van der Waals surface area contributed by atoms with E-state index in [2.05, 4.69) is 6.58 Å². The fraction of sp³-hybridized carbons (Fsp3) is 0.286. The van der Waals surface area contributed by atoms with Crippen LogP contribution in [-0.2, 0) is 9.53 Å². The van der Waals surface area contributed by atoms with Gasteiger partial charge in [-0.2, -0.15) is 0 Å². The van der Waals surface area contributed by atoms with E-state index in [1.54, 1.807) is 36.4 Å². The second-order valence-electron chi connectivity index (χ2n) is 6.26. The monoisotopic (exact) mass is 391 g/mol. The molecule has 0 amide bonds. The first-order valence-electron chi connectivity index (χ1n) is 8.62. The van der Waals surface area contributed by atoms with Crippen LogP contribution in [0.5, 0.6) is 0 Å². The molecule has 2 aromatic rings. The molecule has 0 aliphatic heterocycles. The van der Waals surface area contributed by atoms with Gasteiger partial charge in [0.05, 0.1) is 13.2 Å². The molecule has 0 saturated heterocycles. The summed E-state index contributed by atoms with van der Waals surface area (Å²) in [6.45, 7) is 5.14. The van der Waals surface area contributed by atoms with Crippen molar-refractivity contribution >= 4 is 17.6 Å². The molecule has 27 heavy (non-hydrogen) atoms. The fourth-order valence-electron chi connectivity index (χ4n) is 2.88. The summed E-state index contributed by atoms with van der Waals surface area (Å²) >= 11 is 6.42. The maximum absolute atomic E-state index is 14.0. The Labute approximate surface area is 163 Å². The quantitative estimate of drug-likeness (QED) is 0.525. The van der Waals surface area contributed by atoms with Crippen molar-refractivity contribution in [1.29, 1.82) is 0 Å². The number of aliphatic hydroxyl groups is 1. The van der Waals surface area contributed by atoms with Crippen molar-refractivity contribution in [2.75, 3.05) is 13.2 Å². The van der Waals surface area contributed by atoms with Crippen LogP contribution in [0.4, 0.5) is 4.39 Å². The predicted molar refractivity (Wildman–Crippen MR) is 105 cm³/mol. The molecule has 0 heterocycles. The van der Waals surface area contributed by atoms with Gasteiger partial charge in [0.25, 0.3) is 0 Å². The summed E-state index contributed by atoms with van der Waals surface area (Å²) in [4.78, 5) is 12.4. The van der Waals surface area contributed by atoms with Gasteiger partial charge in [-0.15, -0.1) is 6.58 Å². The topological polar surface area (TPSA) is 72.5 Å². The zero-order valence-corrected chi connectivity index (χ0v) is 15.9. The van der Waals surface area contributed by atoms with Crippen molar-refractivity contribution in [2.24, 2.45) is 5.73 Å². The lowest BCUT2D eigenvalue weighted by Gasteiger charge is -2.32. The normalized spacial score (nSPS) is 14.3. The number of halogens is 2. The van der Waals surface area contributed by atoms with Gasteiger partial charge in [0.15, 0.2) is 0 Å². The summed E-state index contributed by atoms with van der Waals surface area (Å²) in [7, 11) is 0. The highest BCUT2D eigenvalue weighted by Crippen LogP contribution is 2.36. The summed E-state index contributed by atoms with van der Waals surface area (Å²) in [5.74, 6) is -1.88. The molecule has 0 saturated carbocycles. The number of nitrogens with two attached hydrogens (primary N) is 1. The number of benzene rings is 2. The number of esters is 1. The Bertz CT molecular complexity index is 827. The highest BCUT2D eigenvalue weighted by Gasteiger charge is 2.43. The first kappa shape index (κ1) is 21.1. The minimum atomic E-state index is -1.72. The molecule has 0 aliphatic carbocycles. The van der Waals surface area contributed by atoms with E-state index in [9.17, 15) is 14.3 Å². The lowest BCUT2D eigenvalue weighted by atomic mass is 9.80. The van der Waals surface area contributed by atoms with Crippen LogP contribution >= 0.6 is 11.6 Å². The summed E-state index contributed by atoms with van der Waals surface area (Å²) in [6.07, 6.45) is 2.08. The zero-order valence-electron chi connectivity index (χ0n) is 15.1. The second-order valence-corrected chi connectivity index (χ2v) is 6.67. The van der Waals surface area contributed by atoms with E-state index in [0.29, 0.717) is 23.1 Å². The van der Waals surface area contributed by atoms with Gasteiger partial charge >= 0.3 is 5.97 Å². The van der Waals surface area contributed by atoms with Crippen LogP contribution in [-0.4, -0.2) is 29.8 Å². The summed E-state index contributed by atoms with van der Waals surface area (Å²) in [5.41, 5.74) is 5.97. The smallest absolute Gasteiger partial charge is 0.329 e. The van der Waals surface area contributed by atoms with Crippen LogP contribution in [0.2, 0.25) is 5.02 Å². The van der Waals surface area contributed by atoms with Crippen molar-refractivity contribution < 1.29 is 19.0 Å². The average Bonchev–Trinajstić information content (AvgIpc) is 2.67. The van der Waals surface area contributed by atoms with E-state index >= 15 is 0 Å². The highest BCUT2D eigenvalue weighted by molar-refractivity contribution is 6.31. The van der Waals surface area contributed by atoms with Crippen LogP contribution in [0.25, 0.3) is 11.1 Å². The number of ether oxygens (including phenoxy) is 1. The lowest BCUT2D eigenvalue weighted by Crippen LogP contribution is -2.56. The van der Waals surface area contributed by atoms with Crippen LogP contribution < -0.4 is 5.73 Å². The van der Waals surface area contributed by atoms with E-state index in [0.717, 1.165) is 0 Å². The van der Waals surface area contributed by atoms with Gasteiger partial charge in [-0.05, 0) is 29.7 Å². The predicted octanol–water partition coefficient (Wildman–Crippen LogP) is 4.06. The lowest BCUT2D eigenvalue weighted by molar-refractivity contribution is -0.152. The maximum atomic E-state index is 14.0. The van der Waals surface area contributed by atoms with Gasteiger partial charge in [0, 0.05) is 16.5 Å². The highest BCUT2D eigenvalue weighted by atomic mass is 35.5. The molecular formula is C21H23ClFNO3. The molecular weight excluding hydrogens is 369 g/mol. The molecule has 4 nitrogen and oxygen atoms in total. The number of carbonyl (C=O) groups excluding carboxylic acids is 1. The Morgan fingerprint density at radius 1 is 1.41 bits per heavy atom. The van der Waals surface area contributed by atoms with E-state index in [4.69, 9.17) is 22.1 Å². The molecule has 0 aliphatic rings. The van der Waals surface area contributed by atoms with Crippen LogP contribution in [0.1, 0.15) is 24.8 Å². The summed E-state index contributed by atoms with van der Waals surface area (Å²) in [6, 6.07) is 11.3.